The highest BCUT2D eigenvalue weighted by Crippen LogP contribution is 2.46. The smallest absolute Gasteiger partial charge is 0.329 e. The highest BCUT2D eigenvalue weighted by Gasteiger charge is 2.37. The number of ether oxygens (including phenoxy) is 1. The van der Waals surface area contributed by atoms with Gasteiger partial charge in [0.15, 0.2) is 0 Å². The van der Waals surface area contributed by atoms with E-state index in [0.29, 0.717) is 11.7 Å². The molecule has 0 aromatic heterocycles. The maximum atomic E-state index is 13.1. The number of anilines is 1. The summed E-state index contributed by atoms with van der Waals surface area (Å²) in [5.41, 5.74) is 5.56. The molecule has 1 saturated heterocycles. The summed E-state index contributed by atoms with van der Waals surface area (Å²) in [6.45, 7) is 12.1. The first-order valence-corrected chi connectivity index (χ1v) is 11.5. The molecule has 2 aromatic rings. The van der Waals surface area contributed by atoms with Gasteiger partial charge in [-0.1, -0.05) is 36.8 Å². The van der Waals surface area contributed by atoms with Crippen molar-refractivity contribution >= 4 is 23.7 Å². The monoisotopic (exact) mass is 447 g/mol. The number of methoxy groups -OCH3 is 1. The fourth-order valence-corrected chi connectivity index (χ4v) is 5.16. The van der Waals surface area contributed by atoms with Gasteiger partial charge in [-0.05, 0) is 63.3 Å². The largest absolute Gasteiger partial charge is 0.496 e. The van der Waals surface area contributed by atoms with Crippen LogP contribution in [0.3, 0.4) is 0 Å². The van der Waals surface area contributed by atoms with E-state index in [1.807, 2.05) is 31.2 Å². The van der Waals surface area contributed by atoms with Gasteiger partial charge in [-0.15, -0.1) is 0 Å². The Hall–Kier alpha value is -3.28. The zero-order valence-electron chi connectivity index (χ0n) is 20.4. The van der Waals surface area contributed by atoms with Crippen molar-refractivity contribution in [3.63, 3.8) is 0 Å². The lowest BCUT2D eigenvalue weighted by molar-refractivity contribution is -0.123. The molecular weight excluding hydrogens is 414 g/mol. The number of urea groups is 1. The summed E-state index contributed by atoms with van der Waals surface area (Å²) in [5, 5.41) is 2.74. The van der Waals surface area contributed by atoms with E-state index in [1.165, 1.54) is 16.2 Å². The molecule has 6 nitrogen and oxygen atoms in total. The fraction of sp³-hybridized carbons (Fsp3) is 0.407. The summed E-state index contributed by atoms with van der Waals surface area (Å²) in [4.78, 5) is 29.3. The molecule has 174 valence electrons. The number of fused-ring (bicyclic) bond motifs is 1. The van der Waals surface area contributed by atoms with E-state index >= 15 is 0 Å². The second-order valence-electron chi connectivity index (χ2n) is 9.68. The number of benzene rings is 2. The number of amides is 3. The molecule has 1 atom stereocenters. The summed E-state index contributed by atoms with van der Waals surface area (Å²) in [6, 6.07) is 11.6. The Kier molecular flexibility index (Phi) is 5.95. The Labute approximate surface area is 196 Å². The number of carbonyl (C=O) groups is 2. The summed E-state index contributed by atoms with van der Waals surface area (Å²) in [6.07, 6.45) is 2.77. The number of hydrogen-bond acceptors (Lipinski definition) is 4. The van der Waals surface area contributed by atoms with E-state index in [0.717, 1.165) is 29.7 Å². The van der Waals surface area contributed by atoms with Crippen LogP contribution in [0.4, 0.5) is 10.5 Å². The van der Waals surface area contributed by atoms with Gasteiger partial charge >= 0.3 is 6.03 Å². The molecule has 1 unspecified atom stereocenters. The van der Waals surface area contributed by atoms with Crippen LogP contribution in [0.1, 0.15) is 62.3 Å². The summed E-state index contributed by atoms with van der Waals surface area (Å²) >= 11 is 0. The average Bonchev–Trinajstić information content (AvgIpc) is 3.02. The first-order chi connectivity index (χ1) is 15.6. The van der Waals surface area contributed by atoms with Gasteiger partial charge in [0, 0.05) is 29.4 Å². The molecule has 6 heteroatoms. The highest BCUT2D eigenvalue weighted by atomic mass is 16.5. The van der Waals surface area contributed by atoms with Gasteiger partial charge in [0.25, 0.3) is 5.91 Å². The van der Waals surface area contributed by atoms with Gasteiger partial charge in [0.2, 0.25) is 0 Å². The van der Waals surface area contributed by atoms with Crippen LogP contribution in [0.2, 0.25) is 0 Å². The SMILES string of the molecule is CCN1c2cc(OC)c(/C=C3/NC(=O)N(Cc4ccc(C)cc4)C3=O)cc2C(C)CC1(C)C. The van der Waals surface area contributed by atoms with Crippen molar-refractivity contribution in [1.29, 1.82) is 0 Å². The number of aryl methyl sites for hydroxylation is 1. The second kappa shape index (κ2) is 8.58. The molecule has 2 aliphatic rings. The minimum atomic E-state index is -0.406. The zero-order chi connectivity index (χ0) is 23.9. The minimum absolute atomic E-state index is 0.0536. The zero-order valence-corrected chi connectivity index (χ0v) is 20.4. The molecule has 0 bridgehead atoms. The van der Waals surface area contributed by atoms with Crippen LogP contribution in [-0.2, 0) is 11.3 Å². The average molecular weight is 448 g/mol. The maximum absolute atomic E-state index is 13.1. The predicted molar refractivity (Wildman–Crippen MR) is 131 cm³/mol. The number of rotatable bonds is 5. The third-order valence-corrected chi connectivity index (χ3v) is 6.78. The molecule has 33 heavy (non-hydrogen) atoms. The van der Waals surface area contributed by atoms with E-state index < -0.39 is 6.03 Å². The number of hydrogen-bond donors (Lipinski definition) is 1. The Bertz CT molecular complexity index is 1120. The lowest BCUT2D eigenvalue weighted by Gasteiger charge is -2.47. The Balaban J connectivity index is 1.67. The summed E-state index contributed by atoms with van der Waals surface area (Å²) in [7, 11) is 1.64. The molecule has 2 aliphatic heterocycles. The Morgan fingerprint density at radius 2 is 1.88 bits per heavy atom. The quantitative estimate of drug-likeness (QED) is 0.505. The van der Waals surface area contributed by atoms with Crippen LogP contribution < -0.4 is 15.0 Å². The molecule has 4 rings (SSSR count). The third kappa shape index (κ3) is 4.22. The molecule has 0 aliphatic carbocycles. The van der Waals surface area contributed by atoms with E-state index in [4.69, 9.17) is 4.74 Å². The first kappa shape index (κ1) is 22.9. The minimum Gasteiger partial charge on any atom is -0.496 e. The van der Waals surface area contributed by atoms with E-state index in [2.05, 4.69) is 50.0 Å². The Morgan fingerprint density at radius 3 is 2.52 bits per heavy atom. The van der Waals surface area contributed by atoms with Crippen molar-refractivity contribution in [3.05, 3.63) is 64.3 Å². The number of carbonyl (C=O) groups excluding carboxylic acids is 2. The van der Waals surface area contributed by atoms with Gasteiger partial charge in [-0.2, -0.15) is 0 Å². The van der Waals surface area contributed by atoms with Gasteiger partial charge in [0.05, 0.1) is 13.7 Å². The predicted octanol–water partition coefficient (Wildman–Crippen LogP) is 5.21. The fourth-order valence-electron chi connectivity index (χ4n) is 5.16. The molecule has 0 saturated carbocycles. The van der Waals surface area contributed by atoms with E-state index in [9.17, 15) is 9.59 Å². The molecule has 1 N–H and O–H groups in total. The highest BCUT2D eigenvalue weighted by molar-refractivity contribution is 6.14. The lowest BCUT2D eigenvalue weighted by Crippen LogP contribution is -2.48. The van der Waals surface area contributed by atoms with Crippen molar-refractivity contribution in [2.75, 3.05) is 18.6 Å². The molecule has 2 aromatic carbocycles. The van der Waals surface area contributed by atoms with Crippen molar-refractivity contribution in [3.8, 4) is 5.75 Å². The van der Waals surface area contributed by atoms with Gasteiger partial charge in [-0.25, -0.2) is 4.79 Å². The number of imide groups is 1. The molecule has 3 amide bonds. The Morgan fingerprint density at radius 1 is 1.18 bits per heavy atom. The van der Waals surface area contributed by atoms with Crippen LogP contribution in [0, 0.1) is 6.92 Å². The van der Waals surface area contributed by atoms with Crippen LogP contribution in [0.15, 0.2) is 42.1 Å². The van der Waals surface area contributed by atoms with E-state index in [-0.39, 0.29) is 23.7 Å². The first-order valence-electron chi connectivity index (χ1n) is 11.5. The standard InChI is InChI=1S/C27H33N3O3/c1-7-30-23-14-24(33-6)20(12-21(23)18(3)15-27(30,4)5)13-22-25(31)29(26(32)28-22)16-19-10-8-17(2)9-11-19/h8-14,18H,7,15-16H2,1-6H3,(H,28,32)/b22-13+. The van der Waals surface area contributed by atoms with Crippen molar-refractivity contribution in [2.24, 2.45) is 0 Å². The topological polar surface area (TPSA) is 61.9 Å². The molecule has 2 heterocycles. The van der Waals surface area contributed by atoms with Crippen LogP contribution in [0.5, 0.6) is 5.75 Å². The van der Waals surface area contributed by atoms with Crippen LogP contribution >= 0.6 is 0 Å². The molecule has 0 spiro atoms. The van der Waals surface area contributed by atoms with Crippen LogP contribution in [0.25, 0.3) is 6.08 Å². The van der Waals surface area contributed by atoms with Gasteiger partial charge in [0.1, 0.15) is 11.4 Å². The third-order valence-electron chi connectivity index (χ3n) is 6.78. The normalized spacial score (nSPS) is 20.8. The lowest BCUT2D eigenvalue weighted by atomic mass is 9.79. The maximum Gasteiger partial charge on any atom is 0.329 e. The van der Waals surface area contributed by atoms with Crippen molar-refractivity contribution in [1.82, 2.24) is 10.2 Å². The van der Waals surface area contributed by atoms with Crippen molar-refractivity contribution < 1.29 is 14.3 Å². The second-order valence-corrected chi connectivity index (χ2v) is 9.68. The number of nitrogens with zero attached hydrogens (tertiary/aromatic N) is 2. The molecule has 1 fully saturated rings. The van der Waals surface area contributed by atoms with Gasteiger partial charge in [-0.3, -0.25) is 9.69 Å². The van der Waals surface area contributed by atoms with Crippen molar-refractivity contribution in [2.45, 2.75) is 59.0 Å². The molecular formula is C27H33N3O3. The number of nitrogens with one attached hydrogen (secondary N) is 1. The summed E-state index contributed by atoms with van der Waals surface area (Å²) < 4.78 is 5.70. The van der Waals surface area contributed by atoms with Gasteiger partial charge < -0.3 is 15.0 Å². The molecule has 0 radical (unpaired) electrons. The van der Waals surface area contributed by atoms with Crippen LogP contribution in [-0.4, -0.2) is 36.0 Å². The summed E-state index contributed by atoms with van der Waals surface area (Å²) in [5.74, 6) is 0.723. The van der Waals surface area contributed by atoms with E-state index in [1.54, 1.807) is 13.2 Å².